The molecule has 0 spiro atoms. The number of hydrogen-bond acceptors (Lipinski definition) is 3. The Balaban J connectivity index is 2.44. The number of sulfonamides is 1. The molecule has 0 atom stereocenters. The molecule has 0 bridgehead atoms. The number of nitrogens with zero attached hydrogens (tertiary/aromatic N) is 1. The van der Waals surface area contributed by atoms with Gasteiger partial charge in [-0.2, -0.15) is 4.31 Å². The highest BCUT2D eigenvalue weighted by molar-refractivity contribution is 7.89. The second-order valence-corrected chi connectivity index (χ2v) is 6.19. The zero-order valence-electron chi connectivity index (χ0n) is 9.56. The second kappa shape index (κ2) is 4.36. The summed E-state index contributed by atoms with van der Waals surface area (Å²) >= 11 is 0. The van der Waals surface area contributed by atoms with Crippen LogP contribution < -0.4 is 5.73 Å². The fourth-order valence-corrected chi connectivity index (χ4v) is 3.19. The normalized spacial score (nSPS) is 16.5. The molecule has 1 aromatic carbocycles. The molecule has 0 aliphatic heterocycles. The number of benzene rings is 1. The Morgan fingerprint density at radius 1 is 1.47 bits per heavy atom. The first-order chi connectivity index (χ1) is 7.96. The van der Waals surface area contributed by atoms with Crippen LogP contribution in [0.4, 0.5) is 4.39 Å². The van der Waals surface area contributed by atoms with Crippen molar-refractivity contribution in [3.05, 3.63) is 29.6 Å². The van der Waals surface area contributed by atoms with Crippen molar-refractivity contribution in [1.29, 1.82) is 0 Å². The minimum absolute atomic E-state index is 0.0148. The van der Waals surface area contributed by atoms with Gasteiger partial charge in [-0.1, -0.05) is 6.07 Å². The number of halogens is 1. The number of rotatable bonds is 4. The van der Waals surface area contributed by atoms with Gasteiger partial charge in [0.15, 0.2) is 0 Å². The SMILES string of the molecule is CN(C1CC1)S(=O)(=O)c1cc(CN)ccc1F. The van der Waals surface area contributed by atoms with Gasteiger partial charge in [0.25, 0.3) is 0 Å². The van der Waals surface area contributed by atoms with Crippen LogP contribution in [0.25, 0.3) is 0 Å². The van der Waals surface area contributed by atoms with Gasteiger partial charge in [0.1, 0.15) is 10.7 Å². The molecule has 0 saturated heterocycles. The van der Waals surface area contributed by atoms with Crippen LogP contribution in [-0.2, 0) is 16.6 Å². The highest BCUT2D eigenvalue weighted by atomic mass is 32.2. The molecule has 1 saturated carbocycles. The first-order valence-electron chi connectivity index (χ1n) is 5.43. The third-order valence-corrected chi connectivity index (χ3v) is 4.87. The van der Waals surface area contributed by atoms with Crippen molar-refractivity contribution in [2.75, 3.05) is 7.05 Å². The van der Waals surface area contributed by atoms with Crippen LogP contribution in [-0.4, -0.2) is 25.8 Å². The van der Waals surface area contributed by atoms with E-state index in [-0.39, 0.29) is 17.5 Å². The fraction of sp³-hybridized carbons (Fsp3) is 0.455. The molecule has 17 heavy (non-hydrogen) atoms. The van der Waals surface area contributed by atoms with Crippen LogP contribution >= 0.6 is 0 Å². The lowest BCUT2D eigenvalue weighted by molar-refractivity contribution is 0.457. The van der Waals surface area contributed by atoms with Gasteiger partial charge >= 0.3 is 0 Å². The Labute approximate surface area is 100 Å². The Hall–Kier alpha value is -0.980. The quantitative estimate of drug-likeness (QED) is 0.878. The van der Waals surface area contributed by atoms with Gasteiger partial charge in [0.05, 0.1) is 0 Å². The van der Waals surface area contributed by atoms with E-state index >= 15 is 0 Å². The van der Waals surface area contributed by atoms with Crippen molar-refractivity contribution in [2.24, 2.45) is 5.73 Å². The molecule has 0 radical (unpaired) electrons. The molecule has 1 fully saturated rings. The van der Waals surface area contributed by atoms with Crippen molar-refractivity contribution in [2.45, 2.75) is 30.3 Å². The summed E-state index contributed by atoms with van der Waals surface area (Å²) in [7, 11) is -2.25. The smallest absolute Gasteiger partial charge is 0.245 e. The van der Waals surface area contributed by atoms with Crippen LogP contribution in [0.15, 0.2) is 23.1 Å². The molecule has 1 aliphatic rings. The van der Waals surface area contributed by atoms with Crippen LogP contribution in [0.1, 0.15) is 18.4 Å². The lowest BCUT2D eigenvalue weighted by Crippen LogP contribution is -2.29. The topological polar surface area (TPSA) is 63.4 Å². The third kappa shape index (κ3) is 2.34. The molecule has 0 unspecified atom stereocenters. The van der Waals surface area contributed by atoms with Gasteiger partial charge in [-0.05, 0) is 30.5 Å². The summed E-state index contributed by atoms with van der Waals surface area (Å²) in [5.74, 6) is -0.727. The molecule has 0 aromatic heterocycles. The Morgan fingerprint density at radius 2 is 2.12 bits per heavy atom. The average molecular weight is 258 g/mol. The van der Waals surface area contributed by atoms with Gasteiger partial charge in [0, 0.05) is 19.6 Å². The predicted octanol–water partition coefficient (Wildman–Crippen LogP) is 1.07. The van der Waals surface area contributed by atoms with E-state index in [4.69, 9.17) is 5.73 Å². The third-order valence-electron chi connectivity index (χ3n) is 2.95. The van der Waals surface area contributed by atoms with E-state index in [1.165, 1.54) is 23.5 Å². The standard InChI is InChI=1S/C11H15FN2O2S/c1-14(9-3-4-9)17(15,16)11-6-8(7-13)2-5-10(11)12/h2,5-6,9H,3-4,7,13H2,1H3. The summed E-state index contributed by atoms with van der Waals surface area (Å²) in [5.41, 5.74) is 6.04. The minimum atomic E-state index is -3.74. The summed E-state index contributed by atoms with van der Waals surface area (Å²) < 4.78 is 39.1. The Morgan fingerprint density at radius 3 is 2.65 bits per heavy atom. The summed E-state index contributed by atoms with van der Waals surface area (Å²) in [5, 5.41) is 0. The van der Waals surface area contributed by atoms with Gasteiger partial charge in [-0.15, -0.1) is 0 Å². The molecule has 0 heterocycles. The van der Waals surface area contributed by atoms with Crippen LogP contribution in [0.2, 0.25) is 0 Å². The summed E-state index contributed by atoms with van der Waals surface area (Å²) in [6, 6.07) is 3.96. The zero-order chi connectivity index (χ0) is 12.6. The van der Waals surface area contributed by atoms with E-state index in [0.717, 1.165) is 18.9 Å². The van der Waals surface area contributed by atoms with Crippen molar-refractivity contribution in [1.82, 2.24) is 4.31 Å². The first kappa shape index (κ1) is 12.5. The van der Waals surface area contributed by atoms with E-state index < -0.39 is 15.8 Å². The van der Waals surface area contributed by atoms with E-state index in [0.29, 0.717) is 5.56 Å². The van der Waals surface area contributed by atoms with Crippen molar-refractivity contribution >= 4 is 10.0 Å². The van der Waals surface area contributed by atoms with Crippen LogP contribution in [0, 0.1) is 5.82 Å². The predicted molar refractivity (Wildman–Crippen MR) is 62.3 cm³/mol. The van der Waals surface area contributed by atoms with Gasteiger partial charge in [-0.3, -0.25) is 0 Å². The number of hydrogen-bond donors (Lipinski definition) is 1. The molecule has 1 aliphatic carbocycles. The highest BCUT2D eigenvalue weighted by Gasteiger charge is 2.36. The Bertz CT molecular complexity index is 526. The maximum atomic E-state index is 13.6. The van der Waals surface area contributed by atoms with E-state index in [9.17, 15) is 12.8 Å². The monoisotopic (exact) mass is 258 g/mol. The van der Waals surface area contributed by atoms with Crippen molar-refractivity contribution in [3.8, 4) is 0 Å². The largest absolute Gasteiger partial charge is 0.326 e. The molecule has 4 nitrogen and oxygen atoms in total. The van der Waals surface area contributed by atoms with Gasteiger partial charge < -0.3 is 5.73 Å². The molecule has 1 aromatic rings. The van der Waals surface area contributed by atoms with E-state index in [1.807, 2.05) is 0 Å². The lowest BCUT2D eigenvalue weighted by atomic mass is 10.2. The zero-order valence-corrected chi connectivity index (χ0v) is 10.4. The van der Waals surface area contributed by atoms with Gasteiger partial charge in [0.2, 0.25) is 10.0 Å². The molecule has 0 amide bonds. The van der Waals surface area contributed by atoms with Gasteiger partial charge in [-0.25, -0.2) is 12.8 Å². The maximum absolute atomic E-state index is 13.6. The second-order valence-electron chi connectivity index (χ2n) is 4.22. The molecular weight excluding hydrogens is 243 g/mol. The minimum Gasteiger partial charge on any atom is -0.326 e. The highest BCUT2D eigenvalue weighted by Crippen LogP contribution is 2.31. The molecule has 94 valence electrons. The summed E-state index contributed by atoms with van der Waals surface area (Å²) in [4.78, 5) is -0.283. The average Bonchev–Trinajstić information content (AvgIpc) is 3.12. The number of nitrogens with two attached hydrogens (primary N) is 1. The van der Waals surface area contributed by atoms with E-state index in [2.05, 4.69) is 0 Å². The van der Waals surface area contributed by atoms with E-state index in [1.54, 1.807) is 0 Å². The fourth-order valence-electron chi connectivity index (χ4n) is 1.66. The van der Waals surface area contributed by atoms with Crippen molar-refractivity contribution in [3.63, 3.8) is 0 Å². The molecule has 2 rings (SSSR count). The Kier molecular flexibility index (Phi) is 3.20. The first-order valence-corrected chi connectivity index (χ1v) is 6.87. The lowest BCUT2D eigenvalue weighted by Gasteiger charge is -2.17. The maximum Gasteiger partial charge on any atom is 0.245 e. The van der Waals surface area contributed by atoms with Crippen LogP contribution in [0.5, 0.6) is 0 Å². The molecular formula is C11H15FN2O2S. The summed E-state index contributed by atoms with van der Waals surface area (Å²) in [6.07, 6.45) is 1.68. The molecule has 6 heteroatoms. The molecule has 2 N–H and O–H groups in total. The van der Waals surface area contributed by atoms with Crippen molar-refractivity contribution < 1.29 is 12.8 Å². The van der Waals surface area contributed by atoms with Crippen LogP contribution in [0.3, 0.4) is 0 Å². The summed E-state index contributed by atoms with van der Waals surface area (Å²) in [6.45, 7) is 0.190.